The van der Waals surface area contributed by atoms with E-state index in [2.05, 4.69) is 35.0 Å². The number of morpholine rings is 1. The summed E-state index contributed by atoms with van der Waals surface area (Å²) in [5, 5.41) is 4.74. The molecule has 1 aliphatic heterocycles. The molecule has 4 rings (SSSR count). The highest BCUT2D eigenvalue weighted by Crippen LogP contribution is 2.29. The average Bonchev–Trinajstić information content (AvgIpc) is 2.97. The van der Waals surface area contributed by atoms with Crippen LogP contribution in [0.2, 0.25) is 0 Å². The summed E-state index contributed by atoms with van der Waals surface area (Å²) >= 11 is 0. The Hall–Kier alpha value is -2.47. The fraction of sp³-hybridized carbons (Fsp3) is 0.421. The minimum absolute atomic E-state index is 0.752. The molecule has 0 amide bonds. The van der Waals surface area contributed by atoms with E-state index < -0.39 is 0 Å². The molecule has 0 unspecified atom stereocenters. The van der Waals surface area contributed by atoms with Gasteiger partial charge in [0.25, 0.3) is 0 Å². The average molecular weight is 337 g/mol. The van der Waals surface area contributed by atoms with Gasteiger partial charge in [-0.2, -0.15) is 5.10 Å². The number of hydrogen-bond acceptors (Lipinski definition) is 5. The van der Waals surface area contributed by atoms with Crippen LogP contribution in [-0.2, 0) is 11.2 Å². The monoisotopic (exact) mass is 337 g/mol. The number of ether oxygens (including phenoxy) is 1. The third kappa shape index (κ3) is 2.87. The van der Waals surface area contributed by atoms with Crippen LogP contribution in [-0.4, -0.2) is 45.9 Å². The number of anilines is 1. The summed E-state index contributed by atoms with van der Waals surface area (Å²) in [6, 6.07) is 6.31. The van der Waals surface area contributed by atoms with Gasteiger partial charge in [-0.3, -0.25) is 4.98 Å². The molecule has 0 radical (unpaired) electrons. The second kappa shape index (κ2) is 6.44. The van der Waals surface area contributed by atoms with Crippen LogP contribution in [0.25, 0.3) is 16.9 Å². The fourth-order valence-electron chi connectivity index (χ4n) is 3.37. The summed E-state index contributed by atoms with van der Waals surface area (Å²) < 4.78 is 7.46. The zero-order chi connectivity index (χ0) is 17.4. The summed E-state index contributed by atoms with van der Waals surface area (Å²) in [6.45, 7) is 9.45. The van der Waals surface area contributed by atoms with Crippen molar-refractivity contribution in [2.24, 2.45) is 0 Å². The van der Waals surface area contributed by atoms with Gasteiger partial charge in [0.1, 0.15) is 0 Å². The number of aryl methyl sites for hydroxylation is 3. The molecule has 25 heavy (non-hydrogen) atoms. The zero-order valence-corrected chi connectivity index (χ0v) is 15.0. The zero-order valence-electron chi connectivity index (χ0n) is 15.0. The summed E-state index contributed by atoms with van der Waals surface area (Å²) in [4.78, 5) is 11.7. The van der Waals surface area contributed by atoms with Gasteiger partial charge in [-0.1, -0.05) is 6.92 Å². The second-order valence-corrected chi connectivity index (χ2v) is 6.44. The smallest absolute Gasteiger partial charge is 0.178 e. The molecular formula is C19H23N5O. The standard InChI is InChI=1S/C19H23N5O/c1-4-16-6-5-15(12-20-16)18-14(3)21-19-17(11-13(2)22-24(18)19)23-7-9-25-10-8-23/h5-6,11-12H,4,7-10H2,1-3H3. The Labute approximate surface area is 147 Å². The molecule has 6 heteroatoms. The second-order valence-electron chi connectivity index (χ2n) is 6.44. The molecular weight excluding hydrogens is 314 g/mol. The number of rotatable bonds is 3. The van der Waals surface area contributed by atoms with E-state index in [-0.39, 0.29) is 0 Å². The van der Waals surface area contributed by atoms with Crippen molar-refractivity contribution < 1.29 is 4.74 Å². The van der Waals surface area contributed by atoms with Crippen LogP contribution >= 0.6 is 0 Å². The van der Waals surface area contributed by atoms with E-state index in [0.29, 0.717) is 0 Å². The van der Waals surface area contributed by atoms with Crippen molar-refractivity contribution >= 4 is 11.3 Å². The van der Waals surface area contributed by atoms with Crippen molar-refractivity contribution in [1.29, 1.82) is 0 Å². The van der Waals surface area contributed by atoms with Gasteiger partial charge in [0.15, 0.2) is 5.65 Å². The first-order chi connectivity index (χ1) is 12.2. The first-order valence-electron chi connectivity index (χ1n) is 8.82. The van der Waals surface area contributed by atoms with Gasteiger partial charge in [-0.15, -0.1) is 0 Å². The summed E-state index contributed by atoms with van der Waals surface area (Å²) in [5.41, 5.74) is 7.14. The van der Waals surface area contributed by atoms with Crippen LogP contribution in [0.4, 0.5) is 5.69 Å². The lowest BCUT2D eigenvalue weighted by Gasteiger charge is -2.29. The third-order valence-corrected chi connectivity index (χ3v) is 4.67. The van der Waals surface area contributed by atoms with Crippen LogP contribution in [0, 0.1) is 13.8 Å². The molecule has 3 aromatic heterocycles. The van der Waals surface area contributed by atoms with Crippen molar-refractivity contribution in [3.8, 4) is 11.3 Å². The topological polar surface area (TPSA) is 55.5 Å². The van der Waals surface area contributed by atoms with Crippen LogP contribution < -0.4 is 4.90 Å². The van der Waals surface area contributed by atoms with E-state index >= 15 is 0 Å². The highest BCUT2D eigenvalue weighted by Gasteiger charge is 2.20. The Morgan fingerprint density at radius 1 is 1.16 bits per heavy atom. The SMILES string of the molecule is CCc1ccc(-c2c(C)nc3c(N4CCOCC4)cc(C)nn23)cn1. The van der Waals surface area contributed by atoms with E-state index in [9.17, 15) is 0 Å². The van der Waals surface area contributed by atoms with Crippen LogP contribution in [0.15, 0.2) is 24.4 Å². The van der Waals surface area contributed by atoms with Crippen molar-refractivity contribution in [2.45, 2.75) is 27.2 Å². The molecule has 4 heterocycles. The van der Waals surface area contributed by atoms with Gasteiger partial charge < -0.3 is 9.64 Å². The first-order valence-corrected chi connectivity index (χ1v) is 8.82. The lowest BCUT2D eigenvalue weighted by molar-refractivity contribution is 0.123. The maximum atomic E-state index is 5.49. The van der Waals surface area contributed by atoms with E-state index in [1.165, 1.54) is 0 Å². The Bertz CT molecular complexity index is 894. The van der Waals surface area contributed by atoms with Crippen molar-refractivity contribution in [2.75, 3.05) is 31.2 Å². The van der Waals surface area contributed by atoms with Gasteiger partial charge in [0.2, 0.25) is 0 Å². The van der Waals surface area contributed by atoms with Crippen LogP contribution in [0.1, 0.15) is 24.0 Å². The van der Waals surface area contributed by atoms with Crippen molar-refractivity contribution in [3.05, 3.63) is 41.5 Å². The quantitative estimate of drug-likeness (QED) is 0.735. The Morgan fingerprint density at radius 2 is 1.96 bits per heavy atom. The molecule has 0 spiro atoms. The van der Waals surface area contributed by atoms with Gasteiger partial charge in [0.05, 0.1) is 36.0 Å². The molecule has 0 bridgehead atoms. The Balaban J connectivity index is 1.87. The van der Waals surface area contributed by atoms with Gasteiger partial charge >= 0.3 is 0 Å². The van der Waals surface area contributed by atoms with E-state index in [4.69, 9.17) is 14.8 Å². The minimum atomic E-state index is 0.752. The summed E-state index contributed by atoms with van der Waals surface area (Å²) in [6.07, 6.45) is 2.86. The van der Waals surface area contributed by atoms with Crippen LogP contribution in [0.3, 0.4) is 0 Å². The first kappa shape index (κ1) is 16.0. The number of aromatic nitrogens is 4. The van der Waals surface area contributed by atoms with Crippen molar-refractivity contribution in [1.82, 2.24) is 19.6 Å². The van der Waals surface area contributed by atoms with E-state index in [1.807, 2.05) is 24.6 Å². The Morgan fingerprint density at radius 3 is 2.64 bits per heavy atom. The summed E-state index contributed by atoms with van der Waals surface area (Å²) in [5.74, 6) is 0. The molecule has 0 N–H and O–H groups in total. The highest BCUT2D eigenvalue weighted by molar-refractivity contribution is 5.75. The molecule has 1 aliphatic rings. The lowest BCUT2D eigenvalue weighted by Crippen LogP contribution is -2.36. The summed E-state index contributed by atoms with van der Waals surface area (Å²) in [7, 11) is 0. The number of nitrogens with zero attached hydrogens (tertiary/aromatic N) is 5. The maximum absolute atomic E-state index is 5.49. The molecule has 0 aliphatic carbocycles. The number of hydrogen-bond donors (Lipinski definition) is 0. The molecule has 6 nitrogen and oxygen atoms in total. The van der Waals surface area contributed by atoms with E-state index in [1.54, 1.807) is 0 Å². The maximum Gasteiger partial charge on any atom is 0.178 e. The third-order valence-electron chi connectivity index (χ3n) is 4.67. The molecule has 1 saturated heterocycles. The largest absolute Gasteiger partial charge is 0.378 e. The Kier molecular flexibility index (Phi) is 4.13. The van der Waals surface area contributed by atoms with E-state index in [0.717, 1.165) is 72.4 Å². The predicted octanol–water partition coefficient (Wildman–Crippen LogP) is 2.81. The van der Waals surface area contributed by atoms with Gasteiger partial charge in [-0.05, 0) is 38.5 Å². The number of fused-ring (bicyclic) bond motifs is 1. The molecule has 0 aromatic carbocycles. The fourth-order valence-corrected chi connectivity index (χ4v) is 3.37. The number of imidazole rings is 1. The number of pyridine rings is 1. The van der Waals surface area contributed by atoms with Gasteiger partial charge in [0, 0.05) is 30.5 Å². The molecule has 3 aromatic rings. The van der Waals surface area contributed by atoms with Crippen LogP contribution in [0.5, 0.6) is 0 Å². The highest BCUT2D eigenvalue weighted by atomic mass is 16.5. The normalized spacial score (nSPS) is 15.1. The van der Waals surface area contributed by atoms with Gasteiger partial charge in [-0.25, -0.2) is 9.50 Å². The van der Waals surface area contributed by atoms with Crippen molar-refractivity contribution in [3.63, 3.8) is 0 Å². The minimum Gasteiger partial charge on any atom is -0.378 e. The molecule has 130 valence electrons. The molecule has 0 atom stereocenters. The molecule has 0 saturated carbocycles. The molecule has 1 fully saturated rings. The lowest BCUT2D eigenvalue weighted by atomic mass is 10.1. The predicted molar refractivity (Wildman–Crippen MR) is 98.1 cm³/mol.